The van der Waals surface area contributed by atoms with Crippen molar-refractivity contribution in [1.82, 2.24) is 5.43 Å². The lowest BCUT2D eigenvalue weighted by Crippen LogP contribution is -2.19. The summed E-state index contributed by atoms with van der Waals surface area (Å²) in [5.74, 6) is 0.0765. The molecule has 0 bridgehead atoms. The summed E-state index contributed by atoms with van der Waals surface area (Å²) in [7, 11) is 0. The minimum absolute atomic E-state index is 0.0765. The molecule has 1 N–H and O–H groups in total. The second-order valence-electron chi connectivity index (χ2n) is 6.29. The van der Waals surface area contributed by atoms with Crippen molar-refractivity contribution in [3.05, 3.63) is 0 Å². The van der Waals surface area contributed by atoms with Gasteiger partial charge in [0.25, 0.3) is 0 Å². The van der Waals surface area contributed by atoms with Crippen LogP contribution in [0, 0.1) is 0 Å². The summed E-state index contributed by atoms with van der Waals surface area (Å²) in [6, 6.07) is 0. The SMILES string of the molecule is CCCCCCCCCCCC(=O)NN=C(CCC)CCC. The average Bonchev–Trinajstić information content (AvgIpc) is 2.51. The van der Waals surface area contributed by atoms with Crippen molar-refractivity contribution < 1.29 is 4.79 Å². The predicted molar refractivity (Wildman–Crippen MR) is 97.2 cm³/mol. The number of carbonyl (C=O) groups excluding carboxylic acids is 1. The molecule has 0 aliphatic rings. The van der Waals surface area contributed by atoms with E-state index in [1.165, 1.54) is 51.4 Å². The summed E-state index contributed by atoms with van der Waals surface area (Å²) in [6.07, 6.45) is 16.3. The van der Waals surface area contributed by atoms with Gasteiger partial charge < -0.3 is 0 Å². The summed E-state index contributed by atoms with van der Waals surface area (Å²) in [5, 5.41) is 4.28. The molecule has 1 amide bonds. The maximum Gasteiger partial charge on any atom is 0.240 e. The molecule has 22 heavy (non-hydrogen) atoms. The number of nitrogens with one attached hydrogen (secondary N) is 1. The van der Waals surface area contributed by atoms with E-state index in [9.17, 15) is 4.79 Å². The molecule has 0 rings (SSSR count). The first-order valence-corrected chi connectivity index (χ1v) is 9.58. The number of amides is 1. The number of unbranched alkanes of at least 4 members (excludes halogenated alkanes) is 8. The van der Waals surface area contributed by atoms with Gasteiger partial charge >= 0.3 is 0 Å². The van der Waals surface area contributed by atoms with Crippen molar-refractivity contribution >= 4 is 11.6 Å². The monoisotopic (exact) mass is 310 g/mol. The lowest BCUT2D eigenvalue weighted by atomic mass is 10.1. The number of nitrogens with zero attached hydrogens (tertiary/aromatic N) is 1. The second kappa shape index (κ2) is 16.5. The van der Waals surface area contributed by atoms with Crippen molar-refractivity contribution in [1.29, 1.82) is 0 Å². The minimum Gasteiger partial charge on any atom is -0.273 e. The maximum absolute atomic E-state index is 11.7. The van der Waals surface area contributed by atoms with Crippen LogP contribution in [0.5, 0.6) is 0 Å². The first-order chi connectivity index (χ1) is 10.7. The van der Waals surface area contributed by atoms with Crippen LogP contribution >= 0.6 is 0 Å². The molecule has 0 aromatic heterocycles. The van der Waals surface area contributed by atoms with E-state index in [1.807, 2.05) is 0 Å². The van der Waals surface area contributed by atoms with Gasteiger partial charge in [-0.15, -0.1) is 0 Å². The van der Waals surface area contributed by atoms with Crippen molar-refractivity contribution in [3.8, 4) is 0 Å². The third-order valence-electron chi connectivity index (χ3n) is 3.92. The Labute approximate surface area is 138 Å². The zero-order valence-corrected chi connectivity index (χ0v) is 15.3. The van der Waals surface area contributed by atoms with Gasteiger partial charge in [0, 0.05) is 12.1 Å². The van der Waals surface area contributed by atoms with Gasteiger partial charge in [0.1, 0.15) is 0 Å². The molecule has 3 heteroatoms. The zero-order chi connectivity index (χ0) is 16.5. The van der Waals surface area contributed by atoms with Crippen LogP contribution in [0.15, 0.2) is 5.10 Å². The number of rotatable bonds is 15. The molecule has 0 atom stereocenters. The highest BCUT2D eigenvalue weighted by Crippen LogP contribution is 2.10. The van der Waals surface area contributed by atoms with E-state index in [0.29, 0.717) is 6.42 Å². The van der Waals surface area contributed by atoms with Crippen LogP contribution in [0.4, 0.5) is 0 Å². The average molecular weight is 311 g/mol. The number of hydrazone groups is 1. The van der Waals surface area contributed by atoms with Crippen LogP contribution in [0.3, 0.4) is 0 Å². The van der Waals surface area contributed by atoms with Gasteiger partial charge in [-0.1, -0.05) is 85.0 Å². The van der Waals surface area contributed by atoms with E-state index >= 15 is 0 Å². The fourth-order valence-corrected chi connectivity index (χ4v) is 2.61. The zero-order valence-electron chi connectivity index (χ0n) is 15.3. The van der Waals surface area contributed by atoms with Crippen LogP contribution in [0.2, 0.25) is 0 Å². The largest absolute Gasteiger partial charge is 0.273 e. The molecule has 0 aliphatic carbocycles. The third-order valence-corrected chi connectivity index (χ3v) is 3.92. The van der Waals surface area contributed by atoms with E-state index in [1.54, 1.807) is 0 Å². The van der Waals surface area contributed by atoms with Gasteiger partial charge in [-0.05, 0) is 19.3 Å². The number of hydrogen-bond acceptors (Lipinski definition) is 2. The summed E-state index contributed by atoms with van der Waals surface area (Å²) >= 11 is 0. The highest BCUT2D eigenvalue weighted by atomic mass is 16.2. The molecular formula is C19H38N2O. The van der Waals surface area contributed by atoms with Crippen molar-refractivity contribution in [2.75, 3.05) is 0 Å². The lowest BCUT2D eigenvalue weighted by molar-refractivity contribution is -0.121. The lowest BCUT2D eigenvalue weighted by Gasteiger charge is -2.05. The van der Waals surface area contributed by atoms with Crippen molar-refractivity contribution in [3.63, 3.8) is 0 Å². The predicted octanol–water partition coefficient (Wildman–Crippen LogP) is 5.98. The first kappa shape index (κ1) is 21.1. The van der Waals surface area contributed by atoms with Crippen LogP contribution in [-0.2, 0) is 4.79 Å². The Bertz CT molecular complexity index is 279. The molecule has 0 saturated carbocycles. The van der Waals surface area contributed by atoms with E-state index in [-0.39, 0.29) is 5.91 Å². The normalized spacial score (nSPS) is 10.5. The molecule has 0 spiro atoms. The fraction of sp³-hybridized carbons (Fsp3) is 0.895. The summed E-state index contributed by atoms with van der Waals surface area (Å²) < 4.78 is 0. The van der Waals surface area contributed by atoms with Gasteiger partial charge in [0.05, 0.1) is 0 Å². The molecule has 0 fully saturated rings. The van der Waals surface area contributed by atoms with Gasteiger partial charge in [-0.25, -0.2) is 5.43 Å². The molecule has 3 nitrogen and oxygen atoms in total. The molecule has 0 aromatic carbocycles. The molecule has 0 radical (unpaired) electrons. The Morgan fingerprint density at radius 3 is 1.68 bits per heavy atom. The highest BCUT2D eigenvalue weighted by molar-refractivity contribution is 5.86. The highest BCUT2D eigenvalue weighted by Gasteiger charge is 2.02. The van der Waals surface area contributed by atoms with Crippen molar-refractivity contribution in [2.45, 2.75) is 111 Å². The summed E-state index contributed by atoms with van der Waals surface area (Å²) in [6.45, 7) is 6.55. The molecule has 0 aromatic rings. The van der Waals surface area contributed by atoms with E-state index in [4.69, 9.17) is 0 Å². The van der Waals surface area contributed by atoms with Crippen molar-refractivity contribution in [2.24, 2.45) is 5.10 Å². The Morgan fingerprint density at radius 1 is 0.682 bits per heavy atom. The molecule has 0 aliphatic heterocycles. The molecular weight excluding hydrogens is 272 g/mol. The Morgan fingerprint density at radius 2 is 1.18 bits per heavy atom. The van der Waals surface area contributed by atoms with Gasteiger partial charge in [-0.3, -0.25) is 4.79 Å². The standard InChI is InChI=1S/C19H38N2O/c1-4-7-8-9-10-11-12-13-14-17-19(22)21-20-18(15-5-2)16-6-3/h4-17H2,1-3H3,(H,21,22). The maximum atomic E-state index is 11.7. The van der Waals surface area contributed by atoms with Gasteiger partial charge in [-0.2, -0.15) is 5.10 Å². The quantitative estimate of drug-likeness (QED) is 0.226. The van der Waals surface area contributed by atoms with Crippen LogP contribution in [0.25, 0.3) is 0 Å². The second-order valence-corrected chi connectivity index (χ2v) is 6.29. The molecule has 0 unspecified atom stereocenters. The first-order valence-electron chi connectivity index (χ1n) is 9.58. The summed E-state index contributed by atoms with van der Waals surface area (Å²) in [5.41, 5.74) is 3.86. The third kappa shape index (κ3) is 14.1. The fourth-order valence-electron chi connectivity index (χ4n) is 2.61. The molecule has 0 saturated heterocycles. The Hall–Kier alpha value is -0.860. The summed E-state index contributed by atoms with van der Waals surface area (Å²) in [4.78, 5) is 11.7. The van der Waals surface area contributed by atoms with Crippen LogP contribution in [0.1, 0.15) is 111 Å². The Kier molecular flexibility index (Phi) is 15.9. The van der Waals surface area contributed by atoms with Crippen LogP contribution < -0.4 is 5.43 Å². The van der Waals surface area contributed by atoms with E-state index in [0.717, 1.165) is 37.8 Å². The Balaban J connectivity index is 3.54. The van der Waals surface area contributed by atoms with Gasteiger partial charge in [0.2, 0.25) is 5.91 Å². The van der Waals surface area contributed by atoms with E-state index < -0.39 is 0 Å². The molecule has 130 valence electrons. The number of hydrogen-bond donors (Lipinski definition) is 1. The topological polar surface area (TPSA) is 41.5 Å². The number of carbonyl (C=O) groups is 1. The van der Waals surface area contributed by atoms with E-state index in [2.05, 4.69) is 31.3 Å². The minimum atomic E-state index is 0.0765. The van der Waals surface area contributed by atoms with Gasteiger partial charge in [0.15, 0.2) is 0 Å². The smallest absolute Gasteiger partial charge is 0.240 e. The van der Waals surface area contributed by atoms with Crippen LogP contribution in [-0.4, -0.2) is 11.6 Å². The molecule has 0 heterocycles.